The van der Waals surface area contributed by atoms with Gasteiger partial charge in [-0.3, -0.25) is 0 Å². The molecule has 2 unspecified atom stereocenters. The number of nitrogens with one attached hydrogen (secondary N) is 1. The number of hydrogen-bond acceptors (Lipinski definition) is 2. The molecule has 1 rings (SSSR count). The maximum atomic E-state index is 3.70. The predicted molar refractivity (Wildman–Crippen MR) is 71.8 cm³/mol. The Morgan fingerprint density at radius 3 is 2.81 bits per heavy atom. The third-order valence-corrected chi connectivity index (χ3v) is 3.66. The van der Waals surface area contributed by atoms with E-state index in [0.29, 0.717) is 6.04 Å². The topological polar surface area (TPSA) is 15.3 Å². The van der Waals surface area contributed by atoms with Crippen LogP contribution in [-0.4, -0.2) is 37.1 Å². The summed E-state index contributed by atoms with van der Waals surface area (Å²) in [6, 6.07) is 0.708. The molecule has 0 amide bonds. The van der Waals surface area contributed by atoms with E-state index >= 15 is 0 Å². The van der Waals surface area contributed by atoms with Gasteiger partial charge in [0.05, 0.1) is 0 Å². The molecule has 0 aromatic heterocycles. The molecule has 0 bridgehead atoms. The largest absolute Gasteiger partial charge is 0.314 e. The second-order valence-electron chi connectivity index (χ2n) is 5.41. The molecule has 0 aliphatic carbocycles. The molecule has 0 aromatic carbocycles. The van der Waals surface area contributed by atoms with Gasteiger partial charge < -0.3 is 10.2 Å². The number of nitrogens with zero attached hydrogens (tertiary/aromatic N) is 1. The van der Waals surface area contributed by atoms with Crippen molar-refractivity contribution >= 4 is 0 Å². The summed E-state index contributed by atoms with van der Waals surface area (Å²) in [7, 11) is 0. The quantitative estimate of drug-likeness (QED) is 0.684. The van der Waals surface area contributed by atoms with Crippen molar-refractivity contribution < 1.29 is 0 Å². The average Bonchev–Trinajstić information content (AvgIpc) is 2.72. The lowest BCUT2D eigenvalue weighted by Gasteiger charge is -2.18. The van der Waals surface area contributed by atoms with E-state index in [0.717, 1.165) is 5.92 Å². The van der Waals surface area contributed by atoms with Gasteiger partial charge in [0, 0.05) is 12.6 Å². The summed E-state index contributed by atoms with van der Waals surface area (Å²) in [6.07, 6.45) is 6.71. The highest BCUT2D eigenvalue weighted by Crippen LogP contribution is 2.15. The maximum Gasteiger partial charge on any atom is 0.00388 e. The molecule has 1 N–H and O–H groups in total. The summed E-state index contributed by atoms with van der Waals surface area (Å²) >= 11 is 0. The highest BCUT2D eigenvalue weighted by Gasteiger charge is 2.21. The van der Waals surface area contributed by atoms with Crippen molar-refractivity contribution in [1.29, 1.82) is 0 Å². The van der Waals surface area contributed by atoms with Gasteiger partial charge in [0.25, 0.3) is 0 Å². The van der Waals surface area contributed by atoms with Crippen molar-refractivity contribution in [3.63, 3.8) is 0 Å². The number of unbranched alkanes of at least 4 members (excludes halogenated alkanes) is 1. The first-order valence-corrected chi connectivity index (χ1v) is 7.22. The van der Waals surface area contributed by atoms with Crippen molar-refractivity contribution in [3.8, 4) is 0 Å². The Morgan fingerprint density at radius 2 is 2.12 bits per heavy atom. The Balaban J connectivity index is 2.05. The summed E-state index contributed by atoms with van der Waals surface area (Å²) in [5.74, 6) is 0.899. The van der Waals surface area contributed by atoms with E-state index in [4.69, 9.17) is 0 Å². The normalized spacial score (nSPS) is 23.8. The Morgan fingerprint density at radius 1 is 1.31 bits per heavy atom. The zero-order chi connectivity index (χ0) is 11.8. The molecule has 2 heteroatoms. The van der Waals surface area contributed by atoms with Gasteiger partial charge in [-0.05, 0) is 51.7 Å². The second kappa shape index (κ2) is 8.08. The van der Waals surface area contributed by atoms with E-state index in [1.54, 1.807) is 0 Å². The lowest BCUT2D eigenvalue weighted by Crippen LogP contribution is -2.32. The van der Waals surface area contributed by atoms with Crippen LogP contribution in [0.4, 0.5) is 0 Å². The summed E-state index contributed by atoms with van der Waals surface area (Å²) in [5, 5.41) is 3.70. The van der Waals surface area contributed by atoms with E-state index in [2.05, 4.69) is 31.0 Å². The zero-order valence-corrected chi connectivity index (χ0v) is 11.5. The van der Waals surface area contributed by atoms with Gasteiger partial charge in [0.2, 0.25) is 0 Å². The maximum absolute atomic E-state index is 3.70. The Bertz CT molecular complexity index is 170. The molecule has 1 heterocycles. The molecule has 2 atom stereocenters. The van der Waals surface area contributed by atoms with Crippen LogP contribution in [0.5, 0.6) is 0 Å². The van der Waals surface area contributed by atoms with E-state index in [1.807, 2.05) is 0 Å². The van der Waals surface area contributed by atoms with Crippen molar-refractivity contribution in [2.45, 2.75) is 58.9 Å². The molecule has 1 fully saturated rings. The number of likely N-dealkylation sites (tertiary alicyclic amines) is 1. The Labute approximate surface area is 102 Å². The monoisotopic (exact) mass is 226 g/mol. The minimum atomic E-state index is 0.708. The van der Waals surface area contributed by atoms with Crippen molar-refractivity contribution in [1.82, 2.24) is 10.2 Å². The third kappa shape index (κ3) is 5.31. The first kappa shape index (κ1) is 14.0. The van der Waals surface area contributed by atoms with Crippen LogP contribution >= 0.6 is 0 Å². The molecule has 16 heavy (non-hydrogen) atoms. The van der Waals surface area contributed by atoms with Gasteiger partial charge in [0.15, 0.2) is 0 Å². The molecule has 0 spiro atoms. The van der Waals surface area contributed by atoms with Gasteiger partial charge >= 0.3 is 0 Å². The molecule has 96 valence electrons. The standard InChI is InChI=1S/C14H30N2/c1-4-6-7-13(3)15-11-14-8-10-16(12-14)9-5-2/h13-15H,4-12H2,1-3H3. The van der Waals surface area contributed by atoms with Gasteiger partial charge in [-0.1, -0.05) is 26.7 Å². The Hall–Kier alpha value is -0.0800. The van der Waals surface area contributed by atoms with Gasteiger partial charge in [-0.2, -0.15) is 0 Å². The fourth-order valence-electron chi connectivity index (χ4n) is 2.58. The van der Waals surface area contributed by atoms with Crippen LogP contribution in [0.15, 0.2) is 0 Å². The van der Waals surface area contributed by atoms with Crippen LogP contribution in [0.2, 0.25) is 0 Å². The van der Waals surface area contributed by atoms with Crippen LogP contribution in [0.3, 0.4) is 0 Å². The SMILES string of the molecule is CCCCC(C)NCC1CCN(CCC)C1. The van der Waals surface area contributed by atoms with E-state index in [-0.39, 0.29) is 0 Å². The molecule has 1 saturated heterocycles. The predicted octanol–water partition coefficient (Wildman–Crippen LogP) is 2.89. The number of hydrogen-bond donors (Lipinski definition) is 1. The molecular weight excluding hydrogens is 196 g/mol. The summed E-state index contributed by atoms with van der Waals surface area (Å²) in [6.45, 7) is 12.0. The molecule has 1 aliphatic heterocycles. The van der Waals surface area contributed by atoms with Crippen molar-refractivity contribution in [2.75, 3.05) is 26.2 Å². The van der Waals surface area contributed by atoms with E-state index < -0.39 is 0 Å². The van der Waals surface area contributed by atoms with Crippen molar-refractivity contribution in [3.05, 3.63) is 0 Å². The highest BCUT2D eigenvalue weighted by atomic mass is 15.1. The van der Waals surface area contributed by atoms with E-state index in [9.17, 15) is 0 Å². The van der Waals surface area contributed by atoms with Gasteiger partial charge in [-0.15, -0.1) is 0 Å². The lowest BCUT2D eigenvalue weighted by molar-refractivity contribution is 0.319. The second-order valence-corrected chi connectivity index (χ2v) is 5.41. The minimum absolute atomic E-state index is 0.708. The smallest absolute Gasteiger partial charge is 0.00388 e. The lowest BCUT2D eigenvalue weighted by atomic mass is 10.1. The third-order valence-electron chi connectivity index (χ3n) is 3.66. The van der Waals surface area contributed by atoms with Crippen LogP contribution in [0.25, 0.3) is 0 Å². The van der Waals surface area contributed by atoms with Gasteiger partial charge in [0.1, 0.15) is 0 Å². The fraction of sp³-hybridized carbons (Fsp3) is 1.00. The first-order valence-electron chi connectivity index (χ1n) is 7.22. The number of rotatable bonds is 8. The Kier molecular flexibility index (Phi) is 7.06. The molecule has 1 aliphatic rings. The van der Waals surface area contributed by atoms with E-state index in [1.165, 1.54) is 58.3 Å². The highest BCUT2D eigenvalue weighted by molar-refractivity contribution is 4.77. The van der Waals surface area contributed by atoms with Crippen LogP contribution in [0, 0.1) is 5.92 Å². The summed E-state index contributed by atoms with van der Waals surface area (Å²) < 4.78 is 0. The summed E-state index contributed by atoms with van der Waals surface area (Å²) in [5.41, 5.74) is 0. The first-order chi connectivity index (χ1) is 7.76. The van der Waals surface area contributed by atoms with Crippen LogP contribution in [-0.2, 0) is 0 Å². The van der Waals surface area contributed by atoms with Gasteiger partial charge in [-0.25, -0.2) is 0 Å². The minimum Gasteiger partial charge on any atom is -0.314 e. The van der Waals surface area contributed by atoms with Crippen LogP contribution < -0.4 is 5.32 Å². The molecule has 0 radical (unpaired) electrons. The average molecular weight is 226 g/mol. The zero-order valence-electron chi connectivity index (χ0n) is 11.5. The molecular formula is C14H30N2. The summed E-state index contributed by atoms with van der Waals surface area (Å²) in [4.78, 5) is 2.61. The molecule has 2 nitrogen and oxygen atoms in total. The van der Waals surface area contributed by atoms with Crippen LogP contribution in [0.1, 0.15) is 52.9 Å². The fourth-order valence-corrected chi connectivity index (χ4v) is 2.58. The molecule has 0 saturated carbocycles. The van der Waals surface area contributed by atoms with Crippen molar-refractivity contribution in [2.24, 2.45) is 5.92 Å². The molecule has 0 aromatic rings.